The van der Waals surface area contributed by atoms with Crippen molar-refractivity contribution in [3.63, 3.8) is 0 Å². The summed E-state index contributed by atoms with van der Waals surface area (Å²) in [7, 11) is -14.6. The number of benzene rings is 8. The Hall–Kier alpha value is -11.1. The molecule has 2 N–H and O–H groups in total. The van der Waals surface area contributed by atoms with Crippen LogP contribution in [0.3, 0.4) is 0 Å². The molecule has 4 aromatic heterocycles. The van der Waals surface area contributed by atoms with Gasteiger partial charge in [-0.1, -0.05) is 209 Å². The van der Waals surface area contributed by atoms with E-state index in [1.54, 1.807) is 90.8 Å². The fourth-order valence-electron chi connectivity index (χ4n) is 13.9. The zero-order chi connectivity index (χ0) is 105. The van der Waals surface area contributed by atoms with Gasteiger partial charge in [-0.3, -0.25) is 0 Å². The van der Waals surface area contributed by atoms with E-state index >= 15 is 0 Å². The second kappa shape index (κ2) is 50.4. The van der Waals surface area contributed by atoms with Crippen molar-refractivity contribution in [1.29, 1.82) is 0 Å². The number of ether oxygens (including phenoxy) is 4. The van der Waals surface area contributed by atoms with Crippen LogP contribution in [0.4, 0.5) is 17.6 Å². The Morgan fingerprint density at radius 3 is 0.599 bits per heavy atom. The highest BCUT2D eigenvalue weighted by molar-refractivity contribution is 7.90. The number of aliphatic hydroxyl groups excluding tert-OH is 2. The standard InChI is InChI=1S/2C29H40FN3O4SSi.2C23H26FN3O4S/c2*1-21-9-11-23(12-10-21)19-33(20-24-13-15-26(36-6)16-14-24)38(34,35)22(2)27(28-31-17-25(30)18-32-28)37-39(7,8)29(3,4)5;2*1-16-4-6-18(7-5-16)14-27(15-19-8-10-21(31-3)11-9-19)32(29,30)17(2)22(28)23-25-12-20(24)13-26-23/h2*9-18,22,27H,19-20H2,1-8H3;2*4-13,17,22,28H,14-15H2,1-3H3/t2*22-,27-;2*17-,22-/m1010/s1. The lowest BCUT2D eigenvalue weighted by Crippen LogP contribution is -2.47. The number of hydrogen-bond donors (Lipinski definition) is 2. The van der Waals surface area contributed by atoms with Crippen LogP contribution in [0.15, 0.2) is 244 Å². The minimum atomic E-state index is -4.00. The molecule has 142 heavy (non-hydrogen) atoms. The summed E-state index contributed by atoms with van der Waals surface area (Å²) >= 11 is 0. The molecule has 12 rings (SSSR count). The van der Waals surface area contributed by atoms with E-state index in [-0.39, 0.29) is 85.7 Å². The molecule has 0 radical (unpaired) electrons. The van der Waals surface area contributed by atoms with Gasteiger partial charge in [-0.15, -0.1) is 0 Å². The Morgan fingerprint density at radius 1 is 0.282 bits per heavy atom. The van der Waals surface area contributed by atoms with Crippen molar-refractivity contribution in [2.75, 3.05) is 28.4 Å². The Labute approximate surface area is 836 Å². The van der Waals surface area contributed by atoms with Crippen LogP contribution in [-0.2, 0) is 101 Å². The molecule has 0 unspecified atom stereocenters. The highest BCUT2D eigenvalue weighted by Gasteiger charge is 2.48. The third-order valence-electron chi connectivity index (χ3n) is 25.1. The molecule has 8 aromatic carbocycles. The predicted molar refractivity (Wildman–Crippen MR) is 547 cm³/mol. The van der Waals surface area contributed by atoms with Gasteiger partial charge in [-0.25, -0.2) is 91.1 Å². The van der Waals surface area contributed by atoms with Crippen molar-refractivity contribution >= 4 is 56.7 Å². The third kappa shape index (κ3) is 32.0. The van der Waals surface area contributed by atoms with Gasteiger partial charge in [0.2, 0.25) is 40.1 Å². The van der Waals surface area contributed by atoms with Gasteiger partial charge < -0.3 is 38.0 Å². The first-order chi connectivity index (χ1) is 66.7. The maximum Gasteiger partial charge on any atom is 0.220 e. The summed E-state index contributed by atoms with van der Waals surface area (Å²) in [6, 6.07) is 59.6. The Morgan fingerprint density at radius 2 is 0.437 bits per heavy atom. The molecular formula is C104H132F4N12O16S4Si2. The second-order valence-electron chi connectivity index (χ2n) is 37.9. The van der Waals surface area contributed by atoms with E-state index < -0.39 is 125 Å². The molecule has 0 aliphatic carbocycles. The molecule has 4 heterocycles. The lowest BCUT2D eigenvalue weighted by atomic mass is 10.1. The maximum atomic E-state index is 14.4. The smallest absolute Gasteiger partial charge is 0.220 e. The molecule has 12 aromatic rings. The molecule has 0 bridgehead atoms. The average Bonchev–Trinajstić information content (AvgIpc) is 0.779. The number of methoxy groups -OCH3 is 4. The number of rotatable bonds is 40. The van der Waals surface area contributed by atoms with E-state index in [1.165, 1.54) is 31.1 Å². The Kier molecular flexibility index (Phi) is 40.7. The van der Waals surface area contributed by atoms with Crippen molar-refractivity contribution < 1.29 is 89.2 Å². The van der Waals surface area contributed by atoms with E-state index in [4.69, 9.17) is 27.8 Å². The van der Waals surface area contributed by atoms with E-state index in [0.717, 1.165) is 116 Å². The van der Waals surface area contributed by atoms with Gasteiger partial charge in [-0.2, -0.15) is 17.2 Å². The molecule has 0 spiro atoms. The van der Waals surface area contributed by atoms with Crippen LogP contribution in [0.2, 0.25) is 36.3 Å². The number of hydrogen-bond acceptors (Lipinski definition) is 24. The van der Waals surface area contributed by atoms with E-state index in [1.807, 2.05) is 199 Å². The van der Waals surface area contributed by atoms with E-state index in [9.17, 15) is 61.4 Å². The molecule has 0 aliphatic rings. The number of halogens is 4. The van der Waals surface area contributed by atoms with Crippen LogP contribution in [-0.4, -0.2) is 167 Å². The van der Waals surface area contributed by atoms with Gasteiger partial charge in [0, 0.05) is 52.4 Å². The Balaban J connectivity index is 0.000000212. The monoisotopic (exact) mass is 2060 g/mol. The summed E-state index contributed by atoms with van der Waals surface area (Å²) in [5, 5.41) is 16.3. The van der Waals surface area contributed by atoms with Gasteiger partial charge in [-0.05, 0) is 185 Å². The number of sulfonamides is 4. The zero-order valence-corrected chi connectivity index (χ0v) is 89.8. The molecule has 8 atom stereocenters. The largest absolute Gasteiger partial charge is 0.497 e. The first kappa shape index (κ1) is 114. The van der Waals surface area contributed by atoms with Crippen molar-refractivity contribution in [1.82, 2.24) is 57.1 Å². The van der Waals surface area contributed by atoms with Gasteiger partial charge >= 0.3 is 0 Å². The molecular weight excluding hydrogens is 1930 g/mol. The summed E-state index contributed by atoms with van der Waals surface area (Å²) in [4.78, 5) is 31.5. The van der Waals surface area contributed by atoms with Crippen molar-refractivity contribution in [2.24, 2.45) is 0 Å². The van der Waals surface area contributed by atoms with E-state index in [2.05, 4.69) is 81.4 Å². The molecule has 0 fully saturated rings. The van der Waals surface area contributed by atoms with Crippen LogP contribution < -0.4 is 18.9 Å². The Bertz CT molecular complexity index is 6080. The van der Waals surface area contributed by atoms with Gasteiger partial charge in [0.1, 0.15) is 68.4 Å². The van der Waals surface area contributed by atoms with E-state index in [0.29, 0.717) is 23.0 Å². The third-order valence-corrected chi connectivity index (χ3v) is 42.7. The number of nitrogens with zero attached hydrogens (tertiary/aromatic N) is 12. The van der Waals surface area contributed by atoms with Gasteiger partial charge in [0.15, 0.2) is 63.2 Å². The first-order valence-corrected chi connectivity index (χ1v) is 57.8. The fraction of sp³-hybridized carbons (Fsp3) is 0.385. The van der Waals surface area contributed by atoms with Crippen molar-refractivity contribution in [3.8, 4) is 23.0 Å². The van der Waals surface area contributed by atoms with Crippen LogP contribution >= 0.6 is 0 Å². The molecule has 0 aliphatic heterocycles. The average molecular weight is 2070 g/mol. The number of aromatic nitrogens is 8. The lowest BCUT2D eigenvalue weighted by molar-refractivity contribution is 0.162. The summed E-state index contributed by atoms with van der Waals surface area (Å²) in [6.07, 6.45) is 2.78. The zero-order valence-electron chi connectivity index (χ0n) is 84.5. The number of aliphatic hydroxyl groups is 2. The summed E-state index contributed by atoms with van der Waals surface area (Å²) < 4.78 is 205. The van der Waals surface area contributed by atoms with Crippen LogP contribution in [0, 0.1) is 51.0 Å². The van der Waals surface area contributed by atoms with Crippen molar-refractivity contribution in [3.05, 3.63) is 357 Å². The SMILES string of the molecule is COc1ccc(CN(Cc2ccc(C)cc2)S(=O)(=O)[C@@H](C)[C@H](O)c2ncc(F)cn2)cc1.COc1ccc(CN(Cc2ccc(C)cc2)S(=O)(=O)[C@@H](C)[C@H](O[Si](C)(C)C(C)(C)C)c2ncc(F)cn2)cc1.COc1ccc(CN(Cc2ccc(C)cc2)S(=O)(=O)[C@H](C)[C@@H](O)c2ncc(F)cn2)cc1.COc1ccc(CN(Cc2ccc(C)cc2)S(=O)(=O)[C@H](C)[C@@H](O[Si](C)(C)C(C)(C)C)c2ncc(F)cn2)cc1. The molecule has 28 nitrogen and oxygen atoms in total. The normalized spacial score (nSPS) is 14.0. The van der Waals surface area contributed by atoms with Gasteiger partial charge in [0.05, 0.1) is 78.0 Å². The maximum absolute atomic E-state index is 14.4. The summed E-state index contributed by atoms with van der Waals surface area (Å²) in [5.74, 6) is 0.180. The molecule has 0 saturated heterocycles. The summed E-state index contributed by atoms with van der Waals surface area (Å²) in [6.45, 7) is 35.7. The van der Waals surface area contributed by atoms with Crippen LogP contribution in [0.1, 0.15) is 184 Å². The van der Waals surface area contributed by atoms with Crippen LogP contribution in [0.25, 0.3) is 0 Å². The minimum Gasteiger partial charge on any atom is -0.497 e. The van der Waals surface area contributed by atoms with Crippen molar-refractivity contribution in [2.45, 2.75) is 231 Å². The van der Waals surface area contributed by atoms with Gasteiger partial charge in [0.25, 0.3) is 0 Å². The first-order valence-electron chi connectivity index (χ1n) is 46.0. The predicted octanol–water partition coefficient (Wildman–Crippen LogP) is 19.6. The summed E-state index contributed by atoms with van der Waals surface area (Å²) in [5.41, 5.74) is 10.8. The molecule has 0 amide bonds. The lowest BCUT2D eigenvalue weighted by Gasteiger charge is -2.40. The quantitative estimate of drug-likeness (QED) is 0.0266. The highest BCUT2D eigenvalue weighted by atomic mass is 32.2. The molecule has 38 heteroatoms. The topological polar surface area (TPSA) is 348 Å². The number of aryl methyl sites for hydroxylation is 4. The molecule has 0 saturated carbocycles. The fourth-order valence-corrected chi connectivity index (χ4v) is 23.0. The van der Waals surface area contributed by atoms with Crippen LogP contribution in [0.5, 0.6) is 23.0 Å². The second-order valence-corrected chi connectivity index (χ2v) is 56.6. The minimum absolute atomic E-state index is 0.0987. The highest BCUT2D eigenvalue weighted by Crippen LogP contribution is 2.44. The molecule has 764 valence electrons.